The van der Waals surface area contributed by atoms with Crippen LogP contribution in [0.2, 0.25) is 0 Å². The molecule has 1 aliphatic rings. The highest BCUT2D eigenvalue weighted by Gasteiger charge is 2.45. The fourth-order valence-corrected chi connectivity index (χ4v) is 2.22. The molecule has 0 radical (unpaired) electrons. The number of carboxylic acid groups (broad SMARTS) is 1. The van der Waals surface area contributed by atoms with Gasteiger partial charge in [0.25, 0.3) is 0 Å². The molecule has 5 nitrogen and oxygen atoms in total. The first-order chi connectivity index (χ1) is 8.98. The van der Waals surface area contributed by atoms with Gasteiger partial charge in [-0.15, -0.1) is 0 Å². The van der Waals surface area contributed by atoms with Crippen molar-refractivity contribution in [3.8, 4) is 0 Å². The van der Waals surface area contributed by atoms with E-state index in [4.69, 9.17) is 9.84 Å². The molecule has 1 aliphatic carbocycles. The van der Waals surface area contributed by atoms with E-state index in [0.29, 0.717) is 0 Å². The molecule has 1 aromatic carbocycles. The molecule has 1 saturated carbocycles. The molecule has 19 heavy (non-hydrogen) atoms. The first-order valence-corrected chi connectivity index (χ1v) is 6.18. The molecular formula is C14H17NO4. The lowest BCUT2D eigenvalue weighted by Crippen LogP contribution is -2.42. The van der Waals surface area contributed by atoms with Gasteiger partial charge in [0.15, 0.2) is 0 Å². The SMILES string of the molecule is COC(=O)C(C)NC1(c2ccc(C(=O)O)cc2)CC1. The Morgan fingerprint density at radius 1 is 1.32 bits per heavy atom. The highest BCUT2D eigenvalue weighted by Crippen LogP contribution is 2.45. The van der Waals surface area contributed by atoms with Gasteiger partial charge in [0.05, 0.1) is 12.7 Å². The number of carboxylic acids is 1. The molecule has 1 atom stereocenters. The topological polar surface area (TPSA) is 75.6 Å². The minimum Gasteiger partial charge on any atom is -0.478 e. The molecule has 0 heterocycles. The number of nitrogens with one attached hydrogen (secondary N) is 1. The van der Waals surface area contributed by atoms with Crippen molar-refractivity contribution in [3.05, 3.63) is 35.4 Å². The van der Waals surface area contributed by atoms with Crippen LogP contribution in [0.5, 0.6) is 0 Å². The standard InChI is InChI=1S/C14H17NO4/c1-9(13(18)19-2)15-14(7-8-14)11-5-3-10(4-6-11)12(16)17/h3-6,9,15H,7-8H2,1-2H3,(H,16,17). The summed E-state index contributed by atoms with van der Waals surface area (Å²) in [7, 11) is 1.36. The van der Waals surface area contributed by atoms with Crippen molar-refractivity contribution in [2.75, 3.05) is 7.11 Å². The molecule has 2 N–H and O–H groups in total. The molecule has 0 aromatic heterocycles. The Kier molecular flexibility index (Phi) is 3.57. The predicted octanol–water partition coefficient (Wildman–Crippen LogP) is 1.52. The molecule has 0 bridgehead atoms. The number of hydrogen-bond acceptors (Lipinski definition) is 4. The summed E-state index contributed by atoms with van der Waals surface area (Å²) in [6, 6.07) is 6.39. The fourth-order valence-electron chi connectivity index (χ4n) is 2.22. The molecule has 1 unspecified atom stereocenters. The molecule has 0 aliphatic heterocycles. The zero-order valence-corrected chi connectivity index (χ0v) is 11.0. The van der Waals surface area contributed by atoms with E-state index in [9.17, 15) is 9.59 Å². The summed E-state index contributed by atoms with van der Waals surface area (Å²) < 4.78 is 4.69. The van der Waals surface area contributed by atoms with E-state index in [1.54, 1.807) is 31.2 Å². The highest BCUT2D eigenvalue weighted by atomic mass is 16.5. The van der Waals surface area contributed by atoms with Crippen LogP contribution in [0.4, 0.5) is 0 Å². The minimum absolute atomic E-state index is 0.218. The number of rotatable bonds is 5. The van der Waals surface area contributed by atoms with E-state index in [2.05, 4.69) is 5.32 Å². The Bertz CT molecular complexity index is 491. The summed E-state index contributed by atoms with van der Waals surface area (Å²) in [4.78, 5) is 22.2. The summed E-state index contributed by atoms with van der Waals surface area (Å²) in [5.41, 5.74) is 1.05. The van der Waals surface area contributed by atoms with Gasteiger partial charge in [-0.3, -0.25) is 10.1 Å². The Hall–Kier alpha value is -1.88. The van der Waals surface area contributed by atoms with Gasteiger partial charge in [0.1, 0.15) is 6.04 Å². The van der Waals surface area contributed by atoms with Crippen LogP contribution in [0.1, 0.15) is 35.7 Å². The maximum absolute atomic E-state index is 11.4. The molecule has 102 valence electrons. The third kappa shape index (κ3) is 2.76. The van der Waals surface area contributed by atoms with Crippen LogP contribution in [0.25, 0.3) is 0 Å². The maximum atomic E-state index is 11.4. The van der Waals surface area contributed by atoms with Crippen molar-refractivity contribution >= 4 is 11.9 Å². The van der Waals surface area contributed by atoms with E-state index >= 15 is 0 Å². The van der Waals surface area contributed by atoms with Gasteiger partial charge in [0.2, 0.25) is 0 Å². The van der Waals surface area contributed by atoms with Crippen LogP contribution < -0.4 is 5.32 Å². The molecule has 2 rings (SSSR count). The number of ether oxygens (including phenoxy) is 1. The van der Waals surface area contributed by atoms with Crippen molar-refractivity contribution in [1.29, 1.82) is 0 Å². The molecule has 0 saturated heterocycles. The van der Waals surface area contributed by atoms with Gasteiger partial charge in [0, 0.05) is 5.54 Å². The van der Waals surface area contributed by atoms with Crippen molar-refractivity contribution in [2.45, 2.75) is 31.3 Å². The Morgan fingerprint density at radius 3 is 2.32 bits per heavy atom. The number of hydrogen-bond donors (Lipinski definition) is 2. The summed E-state index contributed by atoms with van der Waals surface area (Å²) >= 11 is 0. The minimum atomic E-state index is -0.938. The van der Waals surface area contributed by atoms with Crippen molar-refractivity contribution in [1.82, 2.24) is 5.32 Å². The van der Waals surface area contributed by atoms with Crippen molar-refractivity contribution < 1.29 is 19.4 Å². The molecule has 5 heteroatoms. The zero-order valence-electron chi connectivity index (χ0n) is 11.0. The highest BCUT2D eigenvalue weighted by molar-refractivity contribution is 5.87. The number of carbonyl (C=O) groups is 2. The quantitative estimate of drug-likeness (QED) is 0.788. The van der Waals surface area contributed by atoms with E-state index in [1.807, 2.05) is 0 Å². The van der Waals surface area contributed by atoms with Crippen LogP contribution in [-0.4, -0.2) is 30.2 Å². The van der Waals surface area contributed by atoms with E-state index in [0.717, 1.165) is 18.4 Å². The molecule has 1 aromatic rings. The van der Waals surface area contributed by atoms with Crippen LogP contribution >= 0.6 is 0 Å². The second kappa shape index (κ2) is 5.01. The van der Waals surface area contributed by atoms with Gasteiger partial charge < -0.3 is 9.84 Å². The van der Waals surface area contributed by atoms with Crippen LogP contribution in [0.3, 0.4) is 0 Å². The third-order valence-corrected chi connectivity index (χ3v) is 3.48. The second-order valence-corrected chi connectivity index (χ2v) is 4.85. The fraction of sp³-hybridized carbons (Fsp3) is 0.429. The summed E-state index contributed by atoms with van der Waals surface area (Å²) in [5.74, 6) is -1.24. The lowest BCUT2D eigenvalue weighted by atomic mass is 10.0. The van der Waals surface area contributed by atoms with Gasteiger partial charge in [-0.2, -0.15) is 0 Å². The van der Waals surface area contributed by atoms with E-state index in [-0.39, 0.29) is 23.1 Å². The molecule has 0 spiro atoms. The average molecular weight is 263 g/mol. The number of aromatic carboxylic acids is 1. The second-order valence-electron chi connectivity index (χ2n) is 4.85. The van der Waals surface area contributed by atoms with Crippen molar-refractivity contribution in [3.63, 3.8) is 0 Å². The smallest absolute Gasteiger partial charge is 0.335 e. The van der Waals surface area contributed by atoms with E-state index in [1.165, 1.54) is 7.11 Å². The zero-order chi connectivity index (χ0) is 14.0. The van der Waals surface area contributed by atoms with Gasteiger partial charge in [-0.1, -0.05) is 12.1 Å². The van der Waals surface area contributed by atoms with Gasteiger partial charge in [-0.05, 0) is 37.5 Å². The monoisotopic (exact) mass is 263 g/mol. The van der Waals surface area contributed by atoms with E-state index < -0.39 is 5.97 Å². The third-order valence-electron chi connectivity index (χ3n) is 3.48. The number of benzene rings is 1. The number of esters is 1. The van der Waals surface area contributed by atoms with Crippen LogP contribution in [0.15, 0.2) is 24.3 Å². The molecule has 0 amide bonds. The Labute approximate surface area is 111 Å². The largest absolute Gasteiger partial charge is 0.478 e. The average Bonchev–Trinajstić information content (AvgIpc) is 3.18. The van der Waals surface area contributed by atoms with Crippen LogP contribution in [-0.2, 0) is 15.1 Å². The van der Waals surface area contributed by atoms with Gasteiger partial charge in [-0.25, -0.2) is 4.79 Å². The predicted molar refractivity (Wildman–Crippen MR) is 68.9 cm³/mol. The number of carbonyl (C=O) groups excluding carboxylic acids is 1. The molecule has 1 fully saturated rings. The van der Waals surface area contributed by atoms with Crippen molar-refractivity contribution in [2.24, 2.45) is 0 Å². The summed E-state index contributed by atoms with van der Waals surface area (Å²) in [5, 5.41) is 12.1. The first kappa shape index (κ1) is 13.5. The lowest BCUT2D eigenvalue weighted by molar-refractivity contribution is -0.143. The molecular weight excluding hydrogens is 246 g/mol. The summed E-state index contributed by atoms with van der Waals surface area (Å²) in [6.45, 7) is 1.76. The maximum Gasteiger partial charge on any atom is 0.335 e. The first-order valence-electron chi connectivity index (χ1n) is 6.18. The van der Waals surface area contributed by atoms with Gasteiger partial charge >= 0.3 is 11.9 Å². The number of methoxy groups -OCH3 is 1. The lowest BCUT2D eigenvalue weighted by Gasteiger charge is -2.22. The Morgan fingerprint density at radius 2 is 1.89 bits per heavy atom. The van der Waals surface area contributed by atoms with Crippen LogP contribution in [0, 0.1) is 0 Å². The normalized spacial score (nSPS) is 17.6. The Balaban J connectivity index is 2.12. The summed E-state index contributed by atoms with van der Waals surface area (Å²) in [6.07, 6.45) is 1.86.